The molecule has 1 heterocycles. The number of aliphatic hydroxyl groups excluding tert-OH is 1. The van der Waals surface area contributed by atoms with E-state index in [2.05, 4.69) is 12.1 Å². The van der Waals surface area contributed by atoms with Crippen molar-refractivity contribution in [2.24, 2.45) is 0 Å². The molecule has 1 atom stereocenters. The van der Waals surface area contributed by atoms with Crippen molar-refractivity contribution in [2.75, 3.05) is 0 Å². The van der Waals surface area contributed by atoms with Gasteiger partial charge in [0.25, 0.3) is 0 Å². The van der Waals surface area contributed by atoms with Crippen LogP contribution in [0.25, 0.3) is 0 Å². The van der Waals surface area contributed by atoms with Crippen LogP contribution in [0.1, 0.15) is 48.0 Å². The molecule has 0 amide bonds. The van der Waals surface area contributed by atoms with E-state index in [1.165, 1.54) is 24.8 Å². The Morgan fingerprint density at radius 3 is 2.35 bits per heavy atom. The van der Waals surface area contributed by atoms with Gasteiger partial charge in [-0.3, -0.25) is 0 Å². The van der Waals surface area contributed by atoms with Crippen molar-refractivity contribution < 1.29 is 9.52 Å². The molecule has 1 aliphatic rings. The maximum atomic E-state index is 10.1. The van der Waals surface area contributed by atoms with Crippen molar-refractivity contribution in [2.45, 2.75) is 31.3 Å². The highest BCUT2D eigenvalue weighted by molar-refractivity contribution is 5.32. The molecular weight excluding hydrogens is 212 g/mol. The molecule has 2 heteroatoms. The molecule has 88 valence electrons. The lowest BCUT2D eigenvalue weighted by atomic mass is 9.80. The summed E-state index contributed by atoms with van der Waals surface area (Å²) in [4.78, 5) is 0. The predicted octanol–water partition coefficient (Wildman–Crippen LogP) is 3.63. The molecule has 0 spiro atoms. The van der Waals surface area contributed by atoms with Gasteiger partial charge in [0.05, 0.1) is 12.5 Å². The monoisotopic (exact) mass is 228 g/mol. The van der Waals surface area contributed by atoms with Crippen molar-refractivity contribution in [3.05, 3.63) is 59.5 Å². The summed E-state index contributed by atoms with van der Waals surface area (Å²) in [5.74, 6) is 0.745. The van der Waals surface area contributed by atoms with E-state index in [0.717, 1.165) is 17.0 Å². The summed E-state index contributed by atoms with van der Waals surface area (Å²) in [5, 5.41) is 10.1. The van der Waals surface area contributed by atoms with Gasteiger partial charge in [0.2, 0.25) is 0 Å². The molecule has 2 aromatic rings. The Hall–Kier alpha value is -1.54. The molecule has 1 aromatic carbocycles. The van der Waals surface area contributed by atoms with Gasteiger partial charge in [-0.1, -0.05) is 30.7 Å². The first-order chi connectivity index (χ1) is 8.34. The van der Waals surface area contributed by atoms with Crippen LogP contribution in [0.3, 0.4) is 0 Å². The second kappa shape index (κ2) is 4.38. The third-order valence-electron chi connectivity index (χ3n) is 3.69. The molecule has 17 heavy (non-hydrogen) atoms. The Kier molecular flexibility index (Phi) is 2.73. The number of hydrogen-bond acceptors (Lipinski definition) is 2. The molecule has 0 saturated heterocycles. The average Bonchev–Trinajstić information content (AvgIpc) is 2.80. The van der Waals surface area contributed by atoms with E-state index in [1.807, 2.05) is 12.1 Å². The van der Waals surface area contributed by atoms with Crippen LogP contribution in [0.5, 0.6) is 0 Å². The molecule has 2 nitrogen and oxygen atoms in total. The van der Waals surface area contributed by atoms with Crippen molar-refractivity contribution in [3.8, 4) is 0 Å². The molecule has 1 N–H and O–H groups in total. The van der Waals surface area contributed by atoms with Crippen LogP contribution >= 0.6 is 0 Å². The molecule has 1 fully saturated rings. The number of benzene rings is 1. The van der Waals surface area contributed by atoms with Gasteiger partial charge in [-0.25, -0.2) is 0 Å². The van der Waals surface area contributed by atoms with Crippen molar-refractivity contribution >= 4 is 0 Å². The fraction of sp³-hybridized carbons (Fsp3) is 0.333. The number of hydrogen-bond donors (Lipinski definition) is 1. The van der Waals surface area contributed by atoms with E-state index >= 15 is 0 Å². The fourth-order valence-electron chi connectivity index (χ4n) is 2.32. The van der Waals surface area contributed by atoms with Gasteiger partial charge in [-0.2, -0.15) is 0 Å². The summed E-state index contributed by atoms with van der Waals surface area (Å²) in [6, 6.07) is 10.1. The maximum absolute atomic E-state index is 10.1. The van der Waals surface area contributed by atoms with Crippen LogP contribution in [-0.4, -0.2) is 5.11 Å². The second-order valence-electron chi connectivity index (χ2n) is 4.75. The average molecular weight is 228 g/mol. The van der Waals surface area contributed by atoms with Gasteiger partial charge in [-0.05, 0) is 36.0 Å². The largest absolute Gasteiger partial charge is 0.472 e. The van der Waals surface area contributed by atoms with Gasteiger partial charge in [0, 0.05) is 5.56 Å². The summed E-state index contributed by atoms with van der Waals surface area (Å²) in [6.07, 6.45) is 6.56. The number of aliphatic hydroxyl groups is 1. The zero-order chi connectivity index (χ0) is 11.7. The van der Waals surface area contributed by atoms with Crippen LogP contribution in [0.2, 0.25) is 0 Å². The molecule has 0 bridgehead atoms. The van der Waals surface area contributed by atoms with Gasteiger partial charge in [0.15, 0.2) is 0 Å². The maximum Gasteiger partial charge on any atom is 0.107 e. The minimum absolute atomic E-state index is 0.579. The number of furan rings is 1. The molecule has 1 aliphatic carbocycles. The van der Waals surface area contributed by atoms with Gasteiger partial charge in [-0.15, -0.1) is 0 Å². The molecule has 3 rings (SSSR count). The normalized spacial score (nSPS) is 17.7. The van der Waals surface area contributed by atoms with Crippen LogP contribution < -0.4 is 0 Å². The van der Waals surface area contributed by atoms with Gasteiger partial charge < -0.3 is 9.52 Å². The molecule has 1 unspecified atom stereocenters. The van der Waals surface area contributed by atoms with E-state index in [-0.39, 0.29) is 0 Å². The van der Waals surface area contributed by atoms with Crippen molar-refractivity contribution in [1.29, 1.82) is 0 Å². The standard InChI is InChI=1S/C15H16O2/c16-15(14-8-9-17-10-14)13-6-4-12(5-7-13)11-2-1-3-11/h4-11,15-16H,1-3H2. The SMILES string of the molecule is OC(c1ccc(C2CCC2)cc1)c1ccoc1. The summed E-state index contributed by atoms with van der Waals surface area (Å²) in [6.45, 7) is 0. The third kappa shape index (κ3) is 2.01. The molecular formula is C15H16O2. The van der Waals surface area contributed by atoms with Crippen molar-refractivity contribution in [3.63, 3.8) is 0 Å². The molecule has 0 radical (unpaired) electrons. The molecule has 0 aliphatic heterocycles. The van der Waals surface area contributed by atoms with E-state index in [9.17, 15) is 5.11 Å². The lowest BCUT2D eigenvalue weighted by Gasteiger charge is -2.26. The Bertz CT molecular complexity index is 466. The molecule has 1 saturated carbocycles. The minimum atomic E-state index is -0.579. The Morgan fingerprint density at radius 2 is 1.82 bits per heavy atom. The summed E-state index contributed by atoms with van der Waals surface area (Å²) >= 11 is 0. The van der Waals surface area contributed by atoms with Crippen LogP contribution in [0.15, 0.2) is 47.3 Å². The Morgan fingerprint density at radius 1 is 1.06 bits per heavy atom. The summed E-state index contributed by atoms with van der Waals surface area (Å²) in [7, 11) is 0. The van der Waals surface area contributed by atoms with Crippen molar-refractivity contribution in [1.82, 2.24) is 0 Å². The van der Waals surface area contributed by atoms with E-state index in [1.54, 1.807) is 18.6 Å². The first-order valence-corrected chi connectivity index (χ1v) is 6.14. The van der Waals surface area contributed by atoms with Gasteiger partial charge >= 0.3 is 0 Å². The Balaban J connectivity index is 1.79. The second-order valence-corrected chi connectivity index (χ2v) is 4.75. The van der Waals surface area contributed by atoms with E-state index < -0.39 is 6.10 Å². The lowest BCUT2D eigenvalue weighted by Crippen LogP contribution is -2.08. The molecule has 1 aromatic heterocycles. The lowest BCUT2D eigenvalue weighted by molar-refractivity contribution is 0.219. The zero-order valence-electron chi connectivity index (χ0n) is 9.67. The fourth-order valence-corrected chi connectivity index (χ4v) is 2.32. The zero-order valence-corrected chi connectivity index (χ0v) is 9.67. The highest BCUT2D eigenvalue weighted by Gasteiger charge is 2.19. The predicted molar refractivity (Wildman–Crippen MR) is 65.8 cm³/mol. The number of rotatable bonds is 3. The highest BCUT2D eigenvalue weighted by atomic mass is 16.3. The van der Waals surface area contributed by atoms with E-state index in [0.29, 0.717) is 0 Å². The quantitative estimate of drug-likeness (QED) is 0.870. The van der Waals surface area contributed by atoms with E-state index in [4.69, 9.17) is 4.42 Å². The Labute approximate surface area is 101 Å². The summed E-state index contributed by atoms with van der Waals surface area (Å²) < 4.78 is 4.99. The first kappa shape index (κ1) is 10.6. The topological polar surface area (TPSA) is 33.4 Å². The smallest absolute Gasteiger partial charge is 0.107 e. The summed E-state index contributed by atoms with van der Waals surface area (Å²) in [5.41, 5.74) is 3.13. The van der Waals surface area contributed by atoms with Crippen LogP contribution in [0.4, 0.5) is 0 Å². The van der Waals surface area contributed by atoms with Gasteiger partial charge in [0.1, 0.15) is 6.10 Å². The van der Waals surface area contributed by atoms with Crippen LogP contribution in [0, 0.1) is 0 Å². The third-order valence-corrected chi connectivity index (χ3v) is 3.69. The highest BCUT2D eigenvalue weighted by Crippen LogP contribution is 2.36. The minimum Gasteiger partial charge on any atom is -0.472 e. The van der Waals surface area contributed by atoms with Crippen LogP contribution in [-0.2, 0) is 0 Å². The first-order valence-electron chi connectivity index (χ1n) is 6.14.